The molecule has 4 nitrogen and oxygen atoms in total. The van der Waals surface area contributed by atoms with Gasteiger partial charge < -0.3 is 10.6 Å². The standard InChI is InChI=1S/C10H15N3OS/c14-10(9-6-11-7-15-9)13-5-3-8-2-1-4-12-8/h6-8,12H,1-5H2,(H,13,14)/t8-/m1/s1. The van der Waals surface area contributed by atoms with E-state index in [2.05, 4.69) is 15.6 Å². The lowest BCUT2D eigenvalue weighted by Gasteiger charge is -2.09. The van der Waals surface area contributed by atoms with E-state index in [0.29, 0.717) is 10.9 Å². The second-order valence-electron chi connectivity index (χ2n) is 3.70. The van der Waals surface area contributed by atoms with Gasteiger partial charge in [-0.25, -0.2) is 0 Å². The summed E-state index contributed by atoms with van der Waals surface area (Å²) < 4.78 is 0. The van der Waals surface area contributed by atoms with Crippen LogP contribution in [-0.4, -0.2) is 30.0 Å². The number of carbonyl (C=O) groups excluding carboxylic acids is 1. The molecule has 0 saturated carbocycles. The van der Waals surface area contributed by atoms with Crippen molar-refractivity contribution in [2.75, 3.05) is 13.1 Å². The van der Waals surface area contributed by atoms with Crippen molar-refractivity contribution in [1.82, 2.24) is 15.6 Å². The van der Waals surface area contributed by atoms with E-state index in [0.717, 1.165) is 19.5 Å². The van der Waals surface area contributed by atoms with Gasteiger partial charge in [0.15, 0.2) is 0 Å². The molecule has 2 N–H and O–H groups in total. The fourth-order valence-electron chi connectivity index (χ4n) is 1.78. The topological polar surface area (TPSA) is 54.0 Å². The van der Waals surface area contributed by atoms with Crippen LogP contribution in [0.1, 0.15) is 28.9 Å². The van der Waals surface area contributed by atoms with Gasteiger partial charge in [0.2, 0.25) is 0 Å². The first-order chi connectivity index (χ1) is 7.36. The maximum absolute atomic E-state index is 11.5. The van der Waals surface area contributed by atoms with Gasteiger partial charge in [-0.3, -0.25) is 9.78 Å². The maximum atomic E-state index is 11.5. The Morgan fingerprint density at radius 1 is 1.73 bits per heavy atom. The minimum atomic E-state index is -0.00417. The van der Waals surface area contributed by atoms with Crippen molar-refractivity contribution < 1.29 is 4.79 Å². The lowest BCUT2D eigenvalue weighted by Crippen LogP contribution is -2.30. The molecule has 1 aromatic heterocycles. The molecule has 1 amide bonds. The van der Waals surface area contributed by atoms with E-state index < -0.39 is 0 Å². The highest BCUT2D eigenvalue weighted by Crippen LogP contribution is 2.08. The number of hydrogen-bond acceptors (Lipinski definition) is 4. The van der Waals surface area contributed by atoms with Crippen LogP contribution in [0.25, 0.3) is 0 Å². The smallest absolute Gasteiger partial charge is 0.262 e. The number of rotatable bonds is 4. The Labute approximate surface area is 93.1 Å². The van der Waals surface area contributed by atoms with E-state index in [9.17, 15) is 4.79 Å². The van der Waals surface area contributed by atoms with Crippen LogP contribution in [0, 0.1) is 0 Å². The average Bonchev–Trinajstić information content (AvgIpc) is 2.90. The molecule has 1 saturated heterocycles. The van der Waals surface area contributed by atoms with Crippen LogP contribution in [0.3, 0.4) is 0 Å². The molecule has 1 aliphatic heterocycles. The summed E-state index contributed by atoms with van der Waals surface area (Å²) in [7, 11) is 0. The molecular weight excluding hydrogens is 210 g/mol. The summed E-state index contributed by atoms with van der Waals surface area (Å²) in [6.07, 6.45) is 5.11. The summed E-state index contributed by atoms with van der Waals surface area (Å²) in [6, 6.07) is 0.590. The predicted molar refractivity (Wildman–Crippen MR) is 60.1 cm³/mol. The molecule has 5 heteroatoms. The third-order valence-electron chi connectivity index (χ3n) is 2.60. The molecule has 1 fully saturated rings. The first-order valence-electron chi connectivity index (χ1n) is 5.26. The van der Waals surface area contributed by atoms with Gasteiger partial charge in [0.25, 0.3) is 5.91 Å². The molecule has 0 unspecified atom stereocenters. The van der Waals surface area contributed by atoms with Crippen LogP contribution < -0.4 is 10.6 Å². The van der Waals surface area contributed by atoms with Gasteiger partial charge in [0.05, 0.1) is 11.7 Å². The number of aromatic nitrogens is 1. The highest BCUT2D eigenvalue weighted by atomic mass is 32.1. The van der Waals surface area contributed by atoms with E-state index in [1.807, 2.05) is 0 Å². The number of hydrogen-bond donors (Lipinski definition) is 2. The van der Waals surface area contributed by atoms with Crippen molar-refractivity contribution in [3.8, 4) is 0 Å². The minimum Gasteiger partial charge on any atom is -0.351 e. The zero-order valence-electron chi connectivity index (χ0n) is 8.53. The largest absolute Gasteiger partial charge is 0.351 e. The maximum Gasteiger partial charge on any atom is 0.262 e. The van der Waals surface area contributed by atoms with Crippen LogP contribution in [0.4, 0.5) is 0 Å². The molecule has 2 rings (SSSR count). The lowest BCUT2D eigenvalue weighted by atomic mass is 10.1. The number of amides is 1. The Bertz CT molecular complexity index is 306. The van der Waals surface area contributed by atoms with Crippen molar-refractivity contribution in [2.45, 2.75) is 25.3 Å². The number of nitrogens with one attached hydrogen (secondary N) is 2. The molecule has 1 atom stereocenters. The lowest BCUT2D eigenvalue weighted by molar-refractivity contribution is 0.0956. The molecule has 15 heavy (non-hydrogen) atoms. The van der Waals surface area contributed by atoms with E-state index in [1.54, 1.807) is 11.7 Å². The molecule has 0 spiro atoms. The minimum absolute atomic E-state index is 0.00417. The Kier molecular flexibility index (Phi) is 3.69. The normalized spacial score (nSPS) is 20.4. The molecule has 0 aliphatic carbocycles. The van der Waals surface area contributed by atoms with E-state index in [-0.39, 0.29) is 5.91 Å². The highest BCUT2D eigenvalue weighted by molar-refractivity contribution is 7.11. The Hall–Kier alpha value is -0.940. The van der Waals surface area contributed by atoms with E-state index in [1.165, 1.54) is 24.2 Å². The summed E-state index contributed by atoms with van der Waals surface area (Å²) in [4.78, 5) is 16.1. The van der Waals surface area contributed by atoms with Crippen LogP contribution in [0.15, 0.2) is 11.7 Å². The monoisotopic (exact) mass is 225 g/mol. The summed E-state index contributed by atoms with van der Waals surface area (Å²) in [5, 5.41) is 6.31. The van der Waals surface area contributed by atoms with Gasteiger partial charge in [0.1, 0.15) is 4.88 Å². The van der Waals surface area contributed by atoms with Gasteiger partial charge in [-0.05, 0) is 25.8 Å². The molecule has 0 bridgehead atoms. The molecule has 1 aliphatic rings. The van der Waals surface area contributed by atoms with Crippen molar-refractivity contribution in [1.29, 1.82) is 0 Å². The quantitative estimate of drug-likeness (QED) is 0.804. The van der Waals surface area contributed by atoms with Crippen molar-refractivity contribution >= 4 is 17.2 Å². The van der Waals surface area contributed by atoms with Crippen LogP contribution in [0.5, 0.6) is 0 Å². The summed E-state index contributed by atoms with van der Waals surface area (Å²) in [5.41, 5.74) is 1.67. The fraction of sp³-hybridized carbons (Fsp3) is 0.600. The number of thiazole rings is 1. The third-order valence-corrected chi connectivity index (χ3v) is 3.37. The first-order valence-corrected chi connectivity index (χ1v) is 6.14. The van der Waals surface area contributed by atoms with Gasteiger partial charge in [-0.2, -0.15) is 0 Å². The Morgan fingerprint density at radius 3 is 3.33 bits per heavy atom. The number of nitrogens with zero attached hydrogens (tertiary/aromatic N) is 1. The summed E-state index contributed by atoms with van der Waals surface area (Å²) in [5.74, 6) is -0.00417. The Morgan fingerprint density at radius 2 is 2.67 bits per heavy atom. The van der Waals surface area contributed by atoms with Gasteiger partial charge >= 0.3 is 0 Å². The van der Waals surface area contributed by atoms with Crippen molar-refractivity contribution in [2.24, 2.45) is 0 Å². The SMILES string of the molecule is O=C(NCC[C@H]1CCCN1)c1cncs1. The molecule has 82 valence electrons. The van der Waals surface area contributed by atoms with E-state index >= 15 is 0 Å². The molecule has 0 aromatic carbocycles. The van der Waals surface area contributed by atoms with Crippen LogP contribution in [-0.2, 0) is 0 Å². The molecule has 2 heterocycles. The number of carbonyl (C=O) groups is 1. The molecular formula is C10H15N3OS. The van der Waals surface area contributed by atoms with E-state index in [4.69, 9.17) is 0 Å². The summed E-state index contributed by atoms with van der Waals surface area (Å²) in [6.45, 7) is 1.86. The first kappa shape index (κ1) is 10.6. The van der Waals surface area contributed by atoms with Crippen molar-refractivity contribution in [3.05, 3.63) is 16.6 Å². The van der Waals surface area contributed by atoms with Crippen LogP contribution >= 0.6 is 11.3 Å². The predicted octanol–water partition coefficient (Wildman–Crippen LogP) is 1.01. The van der Waals surface area contributed by atoms with Gasteiger partial charge in [-0.1, -0.05) is 0 Å². The zero-order chi connectivity index (χ0) is 10.5. The second-order valence-corrected chi connectivity index (χ2v) is 4.59. The fourth-order valence-corrected chi connectivity index (χ4v) is 2.31. The summed E-state index contributed by atoms with van der Waals surface area (Å²) >= 11 is 1.37. The average molecular weight is 225 g/mol. The zero-order valence-corrected chi connectivity index (χ0v) is 9.35. The molecule has 1 aromatic rings. The van der Waals surface area contributed by atoms with Gasteiger partial charge in [0, 0.05) is 12.6 Å². The molecule has 0 radical (unpaired) electrons. The van der Waals surface area contributed by atoms with Crippen LogP contribution in [0.2, 0.25) is 0 Å². The Balaban J connectivity index is 1.67. The highest BCUT2D eigenvalue weighted by Gasteiger charge is 2.14. The van der Waals surface area contributed by atoms with Crippen molar-refractivity contribution in [3.63, 3.8) is 0 Å². The van der Waals surface area contributed by atoms with Gasteiger partial charge in [-0.15, -0.1) is 11.3 Å². The second kappa shape index (κ2) is 5.23. The third kappa shape index (κ3) is 3.00.